The van der Waals surface area contributed by atoms with E-state index in [9.17, 15) is 4.79 Å². The smallest absolute Gasteiger partial charge is 0.277 e. The lowest BCUT2D eigenvalue weighted by Gasteiger charge is -2.03. The zero-order valence-electron chi connectivity index (χ0n) is 12.6. The van der Waals surface area contributed by atoms with Crippen LogP contribution in [0.3, 0.4) is 0 Å². The van der Waals surface area contributed by atoms with Gasteiger partial charge in [-0.1, -0.05) is 11.3 Å². The molecule has 1 N–H and O–H groups in total. The molecule has 0 saturated carbocycles. The average Bonchev–Trinajstić information content (AvgIpc) is 3.22. The monoisotopic (exact) mass is 330 g/mol. The molecule has 0 saturated heterocycles. The van der Waals surface area contributed by atoms with Crippen LogP contribution in [0.5, 0.6) is 11.5 Å². The molecule has 0 bridgehead atoms. The van der Waals surface area contributed by atoms with Gasteiger partial charge in [-0.25, -0.2) is 4.98 Å². The van der Waals surface area contributed by atoms with Crippen LogP contribution in [0.4, 0.5) is 5.13 Å². The van der Waals surface area contributed by atoms with Crippen LogP contribution in [0.25, 0.3) is 10.2 Å². The van der Waals surface area contributed by atoms with Gasteiger partial charge in [0.2, 0.25) is 6.79 Å². The molecule has 0 fully saturated rings. The third-order valence-corrected chi connectivity index (χ3v) is 4.41. The summed E-state index contributed by atoms with van der Waals surface area (Å²) in [7, 11) is 0. The molecule has 0 atom stereocenters. The number of anilines is 1. The zero-order chi connectivity index (χ0) is 16.0. The SMILES string of the molecule is CC(C)n1ccc(C(=O)Nc2nc3cc4c(cc3s2)OCO4)n1. The summed E-state index contributed by atoms with van der Waals surface area (Å²) in [6.45, 7) is 4.24. The van der Waals surface area contributed by atoms with Crippen LogP contribution in [-0.4, -0.2) is 27.5 Å². The van der Waals surface area contributed by atoms with Gasteiger partial charge in [0.05, 0.1) is 10.2 Å². The Kier molecular flexibility index (Phi) is 3.19. The van der Waals surface area contributed by atoms with Gasteiger partial charge in [-0.05, 0) is 19.9 Å². The van der Waals surface area contributed by atoms with Gasteiger partial charge in [-0.3, -0.25) is 14.8 Å². The molecule has 4 rings (SSSR count). The van der Waals surface area contributed by atoms with Crippen molar-refractivity contribution in [3.8, 4) is 11.5 Å². The second-order valence-electron chi connectivity index (χ2n) is 5.42. The number of ether oxygens (including phenoxy) is 2. The fourth-order valence-corrected chi connectivity index (χ4v) is 3.15. The summed E-state index contributed by atoms with van der Waals surface area (Å²) in [5.74, 6) is 1.11. The highest BCUT2D eigenvalue weighted by Crippen LogP contribution is 2.38. The molecule has 1 aromatic carbocycles. The van der Waals surface area contributed by atoms with Crippen LogP contribution in [0, 0.1) is 0 Å². The second kappa shape index (κ2) is 5.24. The number of nitrogens with one attached hydrogen (secondary N) is 1. The van der Waals surface area contributed by atoms with Crippen molar-refractivity contribution in [1.29, 1.82) is 0 Å². The van der Waals surface area contributed by atoms with E-state index in [-0.39, 0.29) is 18.7 Å². The molecule has 118 valence electrons. The van der Waals surface area contributed by atoms with Crippen molar-refractivity contribution in [2.75, 3.05) is 12.1 Å². The van der Waals surface area contributed by atoms with Gasteiger partial charge in [0.1, 0.15) is 0 Å². The van der Waals surface area contributed by atoms with E-state index in [0.29, 0.717) is 22.3 Å². The van der Waals surface area contributed by atoms with E-state index in [0.717, 1.165) is 10.2 Å². The van der Waals surface area contributed by atoms with Crippen LogP contribution in [0.2, 0.25) is 0 Å². The van der Waals surface area contributed by atoms with E-state index in [4.69, 9.17) is 9.47 Å². The molecule has 0 spiro atoms. The van der Waals surface area contributed by atoms with Crippen molar-refractivity contribution >= 4 is 32.6 Å². The Bertz CT molecular complexity index is 858. The van der Waals surface area contributed by atoms with E-state index in [1.807, 2.05) is 26.0 Å². The van der Waals surface area contributed by atoms with Crippen molar-refractivity contribution in [3.63, 3.8) is 0 Å². The molecule has 8 heteroatoms. The molecule has 2 aromatic heterocycles. The first-order valence-electron chi connectivity index (χ1n) is 7.17. The number of fused-ring (bicyclic) bond motifs is 2. The number of benzene rings is 1. The van der Waals surface area contributed by atoms with Crippen LogP contribution in [0.1, 0.15) is 30.4 Å². The number of carbonyl (C=O) groups is 1. The zero-order valence-corrected chi connectivity index (χ0v) is 13.4. The minimum Gasteiger partial charge on any atom is -0.454 e. The van der Waals surface area contributed by atoms with Crippen molar-refractivity contribution < 1.29 is 14.3 Å². The highest BCUT2D eigenvalue weighted by molar-refractivity contribution is 7.22. The second-order valence-corrected chi connectivity index (χ2v) is 6.45. The first kappa shape index (κ1) is 14.0. The Labute approximate surface area is 135 Å². The number of hydrogen-bond donors (Lipinski definition) is 1. The molecule has 1 aliphatic rings. The maximum Gasteiger partial charge on any atom is 0.277 e. The lowest BCUT2D eigenvalue weighted by atomic mass is 10.3. The van der Waals surface area contributed by atoms with Crippen molar-refractivity contribution in [2.45, 2.75) is 19.9 Å². The normalized spacial score (nSPS) is 13.0. The summed E-state index contributed by atoms with van der Waals surface area (Å²) in [6, 6.07) is 5.59. The minimum absolute atomic E-state index is 0.210. The molecule has 23 heavy (non-hydrogen) atoms. The molecular weight excluding hydrogens is 316 g/mol. The largest absolute Gasteiger partial charge is 0.454 e. The predicted molar refractivity (Wildman–Crippen MR) is 86.3 cm³/mol. The van der Waals surface area contributed by atoms with Gasteiger partial charge < -0.3 is 9.47 Å². The number of carbonyl (C=O) groups excluding carboxylic acids is 1. The molecule has 7 nitrogen and oxygen atoms in total. The summed E-state index contributed by atoms with van der Waals surface area (Å²) >= 11 is 1.39. The number of thiazole rings is 1. The lowest BCUT2D eigenvalue weighted by Crippen LogP contribution is -2.13. The summed E-state index contributed by atoms with van der Waals surface area (Å²) in [5, 5.41) is 7.56. The number of hydrogen-bond acceptors (Lipinski definition) is 6. The van der Waals surface area contributed by atoms with E-state index in [2.05, 4.69) is 15.4 Å². The molecule has 3 heterocycles. The molecule has 1 amide bonds. The standard InChI is InChI=1S/C15H14N4O3S/c1-8(2)19-4-3-9(18-19)14(20)17-15-16-10-5-11-12(22-7-21-11)6-13(10)23-15/h3-6,8H,7H2,1-2H3,(H,16,17,20). The van der Waals surface area contributed by atoms with Crippen molar-refractivity contribution in [3.05, 3.63) is 30.1 Å². The summed E-state index contributed by atoms with van der Waals surface area (Å²) in [4.78, 5) is 16.7. The Morgan fingerprint density at radius 2 is 2.13 bits per heavy atom. The molecule has 0 unspecified atom stereocenters. The highest BCUT2D eigenvalue weighted by Gasteiger charge is 2.18. The third kappa shape index (κ3) is 2.50. The first-order valence-corrected chi connectivity index (χ1v) is 7.98. The van der Waals surface area contributed by atoms with Crippen LogP contribution < -0.4 is 14.8 Å². The van der Waals surface area contributed by atoms with E-state index in [1.54, 1.807) is 16.9 Å². The van der Waals surface area contributed by atoms with E-state index < -0.39 is 0 Å². The Morgan fingerprint density at radius 1 is 1.35 bits per heavy atom. The summed E-state index contributed by atoms with van der Waals surface area (Å²) < 4.78 is 13.4. The number of rotatable bonds is 3. The van der Waals surface area contributed by atoms with Crippen molar-refractivity contribution in [2.24, 2.45) is 0 Å². The lowest BCUT2D eigenvalue weighted by molar-refractivity contribution is 0.102. The minimum atomic E-state index is -0.275. The van der Waals surface area contributed by atoms with Gasteiger partial charge in [-0.2, -0.15) is 5.10 Å². The van der Waals surface area contributed by atoms with Gasteiger partial charge in [0, 0.05) is 24.4 Å². The van der Waals surface area contributed by atoms with Gasteiger partial charge in [0.15, 0.2) is 22.3 Å². The fourth-order valence-electron chi connectivity index (χ4n) is 2.28. The highest BCUT2D eigenvalue weighted by atomic mass is 32.1. The van der Waals surface area contributed by atoms with E-state index in [1.165, 1.54) is 11.3 Å². The Hall–Kier alpha value is -2.61. The van der Waals surface area contributed by atoms with Gasteiger partial charge in [-0.15, -0.1) is 0 Å². The molecule has 1 aliphatic heterocycles. The molecule has 0 aliphatic carbocycles. The molecular formula is C15H14N4O3S. The number of nitrogens with zero attached hydrogens (tertiary/aromatic N) is 3. The Morgan fingerprint density at radius 3 is 2.87 bits per heavy atom. The predicted octanol–water partition coefficient (Wildman–Crippen LogP) is 3.05. The number of amides is 1. The fraction of sp³-hybridized carbons (Fsp3) is 0.267. The quantitative estimate of drug-likeness (QED) is 0.798. The van der Waals surface area contributed by atoms with E-state index >= 15 is 0 Å². The molecule has 0 radical (unpaired) electrons. The van der Waals surface area contributed by atoms with Crippen LogP contribution >= 0.6 is 11.3 Å². The number of aromatic nitrogens is 3. The third-order valence-electron chi connectivity index (χ3n) is 3.47. The topological polar surface area (TPSA) is 78.3 Å². The van der Waals surface area contributed by atoms with Crippen LogP contribution in [0.15, 0.2) is 24.4 Å². The Balaban J connectivity index is 1.58. The maximum atomic E-state index is 12.3. The van der Waals surface area contributed by atoms with Crippen LogP contribution in [-0.2, 0) is 0 Å². The van der Waals surface area contributed by atoms with Crippen molar-refractivity contribution in [1.82, 2.24) is 14.8 Å². The summed E-state index contributed by atoms with van der Waals surface area (Å²) in [5.41, 5.74) is 1.13. The maximum absolute atomic E-state index is 12.3. The first-order chi connectivity index (χ1) is 11.1. The summed E-state index contributed by atoms with van der Waals surface area (Å²) in [6.07, 6.45) is 1.79. The average molecular weight is 330 g/mol. The molecule has 3 aromatic rings. The van der Waals surface area contributed by atoms with Gasteiger partial charge >= 0.3 is 0 Å². The van der Waals surface area contributed by atoms with Gasteiger partial charge in [0.25, 0.3) is 5.91 Å².